The zero-order chi connectivity index (χ0) is 21.0. The first-order chi connectivity index (χ1) is 14.6. The number of carbonyl (C=O) groups excluding carboxylic acids is 2. The predicted molar refractivity (Wildman–Crippen MR) is 117 cm³/mol. The van der Waals surface area contributed by atoms with Crippen LogP contribution in [-0.4, -0.2) is 41.3 Å². The maximum absolute atomic E-state index is 12.7. The summed E-state index contributed by atoms with van der Waals surface area (Å²) in [5, 5.41) is 3.12. The second kappa shape index (κ2) is 8.99. The third kappa shape index (κ3) is 4.72. The molecule has 1 aliphatic heterocycles. The molecule has 5 nitrogen and oxygen atoms in total. The van der Waals surface area contributed by atoms with E-state index in [-0.39, 0.29) is 23.1 Å². The van der Waals surface area contributed by atoms with E-state index in [4.69, 9.17) is 0 Å². The molecule has 2 fully saturated rings. The lowest BCUT2D eigenvalue weighted by atomic mass is 9.90. The van der Waals surface area contributed by atoms with Crippen molar-refractivity contribution in [3.8, 4) is 0 Å². The number of piperidine rings is 1. The molecule has 1 aromatic carbocycles. The number of amides is 2. The molecule has 1 aliphatic carbocycles. The summed E-state index contributed by atoms with van der Waals surface area (Å²) in [6, 6.07) is 12.1. The van der Waals surface area contributed by atoms with E-state index in [0.717, 1.165) is 57.3 Å². The second-order valence-electron chi connectivity index (χ2n) is 8.85. The van der Waals surface area contributed by atoms with E-state index in [0.29, 0.717) is 6.42 Å². The van der Waals surface area contributed by atoms with Gasteiger partial charge in [0.2, 0.25) is 11.8 Å². The van der Waals surface area contributed by atoms with Gasteiger partial charge in [0.1, 0.15) is 0 Å². The van der Waals surface area contributed by atoms with E-state index in [1.54, 1.807) is 12.4 Å². The third-order valence-electron chi connectivity index (χ3n) is 6.91. The molecule has 2 amide bonds. The molecule has 0 bridgehead atoms. The van der Waals surface area contributed by atoms with Crippen molar-refractivity contribution in [3.05, 3.63) is 65.5 Å². The van der Waals surface area contributed by atoms with E-state index < -0.39 is 0 Å². The molecule has 1 saturated carbocycles. The average Bonchev–Trinajstić information content (AvgIpc) is 3.47. The van der Waals surface area contributed by atoms with Crippen molar-refractivity contribution in [3.63, 3.8) is 0 Å². The van der Waals surface area contributed by atoms with Gasteiger partial charge in [0.25, 0.3) is 0 Å². The van der Waals surface area contributed by atoms with E-state index in [9.17, 15) is 9.59 Å². The Labute approximate surface area is 178 Å². The number of rotatable bonds is 7. The topological polar surface area (TPSA) is 62.3 Å². The van der Waals surface area contributed by atoms with Gasteiger partial charge in [0, 0.05) is 37.9 Å². The lowest BCUT2D eigenvalue weighted by Crippen LogP contribution is -2.41. The number of hydrogen-bond acceptors (Lipinski definition) is 3. The summed E-state index contributed by atoms with van der Waals surface area (Å²) in [4.78, 5) is 31.3. The van der Waals surface area contributed by atoms with E-state index in [1.165, 1.54) is 11.1 Å². The maximum Gasteiger partial charge on any atom is 0.226 e. The molecule has 2 aromatic rings. The minimum atomic E-state index is 0.132. The number of nitrogens with one attached hydrogen (secondary N) is 1. The van der Waals surface area contributed by atoms with Gasteiger partial charge in [0.05, 0.1) is 6.42 Å². The lowest BCUT2D eigenvalue weighted by molar-refractivity contribution is -0.132. The highest BCUT2D eigenvalue weighted by Crippen LogP contribution is 2.59. The Balaban J connectivity index is 1.18. The van der Waals surface area contributed by atoms with Gasteiger partial charge in [-0.25, -0.2) is 0 Å². The summed E-state index contributed by atoms with van der Waals surface area (Å²) >= 11 is 0. The molecule has 4 rings (SSSR count). The van der Waals surface area contributed by atoms with Crippen LogP contribution in [0.5, 0.6) is 0 Å². The molecule has 158 valence electrons. The van der Waals surface area contributed by atoms with Gasteiger partial charge in [-0.2, -0.15) is 0 Å². The van der Waals surface area contributed by atoms with Crippen molar-refractivity contribution in [2.75, 3.05) is 19.6 Å². The Morgan fingerprint density at radius 2 is 1.87 bits per heavy atom. The normalized spacial score (nSPS) is 19.5. The number of aromatic nitrogens is 1. The number of carbonyl (C=O) groups is 2. The van der Waals surface area contributed by atoms with E-state index >= 15 is 0 Å². The number of nitrogens with zero attached hydrogens (tertiary/aromatic N) is 2. The second-order valence-corrected chi connectivity index (χ2v) is 8.85. The predicted octanol–water partition coefficient (Wildman–Crippen LogP) is 3.31. The molecule has 1 atom stereocenters. The molecule has 1 unspecified atom stereocenters. The van der Waals surface area contributed by atoms with Crippen LogP contribution in [0.2, 0.25) is 0 Å². The molecular weight excluding hydrogens is 374 g/mol. The van der Waals surface area contributed by atoms with Crippen LogP contribution in [-0.2, 0) is 22.4 Å². The van der Waals surface area contributed by atoms with Crippen LogP contribution >= 0.6 is 0 Å². The average molecular weight is 406 g/mol. The quantitative estimate of drug-likeness (QED) is 0.719. The molecule has 2 heterocycles. The van der Waals surface area contributed by atoms with Crippen molar-refractivity contribution in [1.82, 2.24) is 15.2 Å². The zero-order valence-electron chi connectivity index (χ0n) is 17.8. The Bertz CT molecular complexity index is 888. The maximum atomic E-state index is 12.7. The van der Waals surface area contributed by atoms with Gasteiger partial charge in [0.15, 0.2) is 0 Å². The number of benzene rings is 1. The standard InChI is InChI=1S/C25H31N3O2/c1-19-5-2-3-7-21(19)17-23(29)28-15-10-25(11-16-28)18-22(25)24(30)27-12-4-6-20-8-13-26-14-9-20/h2-3,5,7-9,13-14,22H,4,6,10-12,15-18H2,1H3,(H,27,30). The van der Waals surface area contributed by atoms with Crippen molar-refractivity contribution >= 4 is 11.8 Å². The fraction of sp³-hybridized carbons (Fsp3) is 0.480. The Hall–Kier alpha value is -2.69. The third-order valence-corrected chi connectivity index (χ3v) is 6.91. The molecule has 1 saturated heterocycles. The van der Waals surface area contributed by atoms with Gasteiger partial charge in [-0.05, 0) is 73.3 Å². The molecular formula is C25H31N3O2. The Kier molecular flexibility index (Phi) is 6.16. The van der Waals surface area contributed by atoms with E-state index in [1.807, 2.05) is 35.2 Å². The van der Waals surface area contributed by atoms with Crippen molar-refractivity contribution in [2.45, 2.75) is 45.4 Å². The van der Waals surface area contributed by atoms with Crippen LogP contribution in [0.3, 0.4) is 0 Å². The van der Waals surface area contributed by atoms with Gasteiger partial charge < -0.3 is 10.2 Å². The Morgan fingerprint density at radius 1 is 1.13 bits per heavy atom. The van der Waals surface area contributed by atoms with Gasteiger partial charge >= 0.3 is 0 Å². The van der Waals surface area contributed by atoms with Gasteiger partial charge in [-0.1, -0.05) is 24.3 Å². The fourth-order valence-electron chi connectivity index (χ4n) is 4.73. The summed E-state index contributed by atoms with van der Waals surface area (Å²) < 4.78 is 0. The molecule has 1 N–H and O–H groups in total. The summed E-state index contributed by atoms with van der Waals surface area (Å²) in [7, 11) is 0. The van der Waals surface area contributed by atoms with E-state index in [2.05, 4.69) is 23.3 Å². The molecule has 5 heteroatoms. The fourth-order valence-corrected chi connectivity index (χ4v) is 4.73. The van der Waals surface area contributed by atoms with Crippen molar-refractivity contribution in [2.24, 2.45) is 11.3 Å². The molecule has 2 aliphatic rings. The Morgan fingerprint density at radius 3 is 2.60 bits per heavy atom. The molecule has 1 aromatic heterocycles. The first-order valence-electron chi connectivity index (χ1n) is 11.1. The van der Waals surface area contributed by atoms with Crippen LogP contribution in [0.4, 0.5) is 0 Å². The number of aryl methyl sites for hydroxylation is 2. The highest BCUT2D eigenvalue weighted by atomic mass is 16.2. The zero-order valence-corrected chi connectivity index (χ0v) is 17.8. The highest BCUT2D eigenvalue weighted by Gasteiger charge is 2.58. The summed E-state index contributed by atoms with van der Waals surface area (Å²) in [6.45, 7) is 4.32. The largest absolute Gasteiger partial charge is 0.356 e. The van der Waals surface area contributed by atoms with Gasteiger partial charge in [-0.3, -0.25) is 14.6 Å². The first-order valence-corrected chi connectivity index (χ1v) is 11.1. The molecule has 1 spiro atoms. The first kappa shape index (κ1) is 20.6. The number of pyridine rings is 1. The minimum Gasteiger partial charge on any atom is -0.356 e. The SMILES string of the molecule is Cc1ccccc1CC(=O)N1CCC2(CC1)CC2C(=O)NCCCc1ccncc1. The highest BCUT2D eigenvalue weighted by molar-refractivity contribution is 5.83. The smallest absolute Gasteiger partial charge is 0.226 e. The van der Waals surface area contributed by atoms with Crippen LogP contribution in [0.1, 0.15) is 42.4 Å². The molecule has 0 radical (unpaired) electrons. The number of hydrogen-bond donors (Lipinski definition) is 1. The van der Waals surface area contributed by atoms with Crippen LogP contribution in [0.15, 0.2) is 48.8 Å². The van der Waals surface area contributed by atoms with Crippen LogP contribution < -0.4 is 5.32 Å². The monoisotopic (exact) mass is 405 g/mol. The van der Waals surface area contributed by atoms with Crippen molar-refractivity contribution in [1.29, 1.82) is 0 Å². The summed E-state index contributed by atoms with van der Waals surface area (Å²) in [6.07, 6.45) is 8.85. The van der Waals surface area contributed by atoms with Crippen molar-refractivity contribution < 1.29 is 9.59 Å². The number of likely N-dealkylation sites (tertiary alicyclic amines) is 1. The minimum absolute atomic E-state index is 0.132. The van der Waals surface area contributed by atoms with Crippen LogP contribution in [0, 0.1) is 18.3 Å². The summed E-state index contributed by atoms with van der Waals surface area (Å²) in [5.41, 5.74) is 3.67. The van der Waals surface area contributed by atoms with Crippen LogP contribution in [0.25, 0.3) is 0 Å². The van der Waals surface area contributed by atoms with Gasteiger partial charge in [-0.15, -0.1) is 0 Å². The molecule has 30 heavy (non-hydrogen) atoms. The summed E-state index contributed by atoms with van der Waals surface area (Å²) in [5.74, 6) is 0.536. The lowest BCUT2D eigenvalue weighted by Gasteiger charge is -2.33.